The van der Waals surface area contributed by atoms with Crippen LogP contribution in [0.3, 0.4) is 0 Å². The van der Waals surface area contributed by atoms with E-state index in [2.05, 4.69) is 16.9 Å². The minimum Gasteiger partial charge on any atom is -0.278 e. The van der Waals surface area contributed by atoms with Gasteiger partial charge in [-0.15, -0.1) is 11.8 Å². The van der Waals surface area contributed by atoms with Crippen LogP contribution in [-0.2, 0) is 0 Å². The second-order valence-corrected chi connectivity index (χ2v) is 3.98. The predicted octanol–water partition coefficient (Wildman–Crippen LogP) is 2.15. The molecule has 0 amide bonds. The Bertz CT molecular complexity index is 422. The number of hydrogen-bond donors (Lipinski definition) is 0. The second kappa shape index (κ2) is 3.38. The molecule has 3 nitrogen and oxygen atoms in total. The van der Waals surface area contributed by atoms with Crippen LogP contribution in [0.25, 0.3) is 5.78 Å². The maximum atomic E-state index is 4.36. The first-order chi connectivity index (χ1) is 6.33. The van der Waals surface area contributed by atoms with Gasteiger partial charge in [0.2, 0.25) is 5.78 Å². The summed E-state index contributed by atoms with van der Waals surface area (Å²) in [6, 6.07) is 1.92. The lowest BCUT2D eigenvalue weighted by atomic mass is 10.6. The van der Waals surface area contributed by atoms with Crippen LogP contribution in [0, 0.1) is 6.92 Å². The van der Waals surface area contributed by atoms with E-state index in [0.29, 0.717) is 0 Å². The Labute approximate surface area is 81.2 Å². The summed E-state index contributed by atoms with van der Waals surface area (Å²) in [7, 11) is 0. The normalized spacial score (nSPS) is 10.9. The highest BCUT2D eigenvalue weighted by atomic mass is 32.2. The standard InChI is InChI=1S/C9H11N3S/c1-3-13-8-7(2)11-9-10-5-4-6-12(8)9/h4-6H,3H2,1-2H3. The van der Waals surface area contributed by atoms with Gasteiger partial charge in [0.15, 0.2) is 0 Å². The van der Waals surface area contributed by atoms with Crippen LogP contribution in [0.4, 0.5) is 0 Å². The number of hydrogen-bond acceptors (Lipinski definition) is 3. The largest absolute Gasteiger partial charge is 0.278 e. The first-order valence-corrected chi connectivity index (χ1v) is 5.24. The molecule has 0 saturated carbocycles. The van der Waals surface area contributed by atoms with Gasteiger partial charge in [-0.05, 0) is 18.7 Å². The molecule has 0 saturated heterocycles. The molecule has 0 aromatic carbocycles. The number of aromatic nitrogens is 3. The molecule has 0 radical (unpaired) electrons. The number of thioether (sulfide) groups is 1. The minimum atomic E-state index is 0.788. The van der Waals surface area contributed by atoms with Crippen LogP contribution >= 0.6 is 11.8 Å². The van der Waals surface area contributed by atoms with Crippen molar-refractivity contribution in [2.75, 3.05) is 5.75 Å². The first kappa shape index (κ1) is 8.56. The molecule has 0 N–H and O–H groups in total. The zero-order valence-electron chi connectivity index (χ0n) is 7.69. The van der Waals surface area contributed by atoms with E-state index in [9.17, 15) is 0 Å². The fraction of sp³-hybridized carbons (Fsp3) is 0.333. The highest BCUT2D eigenvalue weighted by Gasteiger charge is 2.07. The first-order valence-electron chi connectivity index (χ1n) is 4.25. The Morgan fingerprint density at radius 3 is 3.15 bits per heavy atom. The molecular weight excluding hydrogens is 182 g/mol. The summed E-state index contributed by atoms with van der Waals surface area (Å²) < 4.78 is 2.03. The minimum absolute atomic E-state index is 0.788. The molecule has 0 fully saturated rings. The van der Waals surface area contributed by atoms with Gasteiger partial charge in [0.05, 0.1) is 5.69 Å². The molecule has 2 heterocycles. The molecular formula is C9H11N3S. The van der Waals surface area contributed by atoms with Crippen molar-refractivity contribution < 1.29 is 0 Å². The van der Waals surface area contributed by atoms with E-state index in [1.165, 1.54) is 5.03 Å². The highest BCUT2D eigenvalue weighted by molar-refractivity contribution is 7.99. The van der Waals surface area contributed by atoms with Gasteiger partial charge in [0.25, 0.3) is 0 Å². The van der Waals surface area contributed by atoms with Crippen LogP contribution in [0.1, 0.15) is 12.6 Å². The summed E-state index contributed by atoms with van der Waals surface area (Å²) in [5, 5.41) is 1.20. The lowest BCUT2D eigenvalue weighted by Crippen LogP contribution is -1.88. The van der Waals surface area contributed by atoms with E-state index in [1.807, 2.05) is 23.6 Å². The number of nitrogens with zero attached hydrogens (tertiary/aromatic N) is 3. The molecule has 0 aliphatic rings. The summed E-state index contributed by atoms with van der Waals surface area (Å²) in [6.07, 6.45) is 3.77. The van der Waals surface area contributed by atoms with Crippen LogP contribution in [0.2, 0.25) is 0 Å². The van der Waals surface area contributed by atoms with Crippen LogP contribution in [0.15, 0.2) is 23.5 Å². The van der Waals surface area contributed by atoms with Crippen LogP contribution < -0.4 is 0 Å². The number of imidazole rings is 1. The third kappa shape index (κ3) is 1.42. The third-order valence-corrected chi connectivity index (χ3v) is 2.86. The van der Waals surface area contributed by atoms with E-state index in [4.69, 9.17) is 0 Å². The number of fused-ring (bicyclic) bond motifs is 1. The molecule has 0 bridgehead atoms. The Hall–Kier alpha value is -1.03. The van der Waals surface area contributed by atoms with Crippen LogP contribution in [0.5, 0.6) is 0 Å². The monoisotopic (exact) mass is 193 g/mol. The van der Waals surface area contributed by atoms with E-state index >= 15 is 0 Å². The zero-order valence-corrected chi connectivity index (χ0v) is 8.51. The van der Waals surface area contributed by atoms with Crippen LogP contribution in [-0.4, -0.2) is 20.1 Å². The fourth-order valence-corrected chi connectivity index (χ4v) is 2.10. The maximum absolute atomic E-state index is 4.36. The molecule has 4 heteroatoms. The third-order valence-electron chi connectivity index (χ3n) is 1.80. The smallest absolute Gasteiger partial charge is 0.234 e. The highest BCUT2D eigenvalue weighted by Crippen LogP contribution is 2.21. The summed E-state index contributed by atoms with van der Waals surface area (Å²) in [4.78, 5) is 8.55. The molecule has 2 aromatic heterocycles. The molecule has 13 heavy (non-hydrogen) atoms. The van der Waals surface area contributed by atoms with Gasteiger partial charge in [-0.1, -0.05) is 6.92 Å². The number of rotatable bonds is 2. The Morgan fingerprint density at radius 2 is 2.38 bits per heavy atom. The lowest BCUT2D eigenvalue weighted by molar-refractivity contribution is 0.999. The van der Waals surface area contributed by atoms with Crippen molar-refractivity contribution in [1.82, 2.24) is 14.4 Å². The molecule has 0 atom stereocenters. The van der Waals surface area contributed by atoms with Gasteiger partial charge in [0, 0.05) is 12.4 Å². The Morgan fingerprint density at radius 1 is 1.54 bits per heavy atom. The zero-order chi connectivity index (χ0) is 9.26. The van der Waals surface area contributed by atoms with Crippen molar-refractivity contribution in [3.05, 3.63) is 24.2 Å². The van der Waals surface area contributed by atoms with E-state index in [-0.39, 0.29) is 0 Å². The van der Waals surface area contributed by atoms with Gasteiger partial charge in [-0.2, -0.15) is 0 Å². The molecule has 2 aromatic rings. The van der Waals surface area contributed by atoms with Crippen molar-refractivity contribution in [2.45, 2.75) is 18.9 Å². The lowest BCUT2D eigenvalue weighted by Gasteiger charge is -1.98. The molecule has 0 unspecified atom stereocenters. The quantitative estimate of drug-likeness (QED) is 0.684. The Balaban J connectivity index is 2.64. The average molecular weight is 193 g/mol. The summed E-state index contributed by atoms with van der Waals surface area (Å²) >= 11 is 1.80. The molecule has 2 rings (SSSR count). The average Bonchev–Trinajstić information content (AvgIpc) is 2.44. The second-order valence-electron chi connectivity index (χ2n) is 2.73. The molecule has 0 aliphatic carbocycles. The van der Waals surface area contributed by atoms with Gasteiger partial charge in [-0.3, -0.25) is 4.40 Å². The van der Waals surface area contributed by atoms with Gasteiger partial charge >= 0.3 is 0 Å². The summed E-state index contributed by atoms with van der Waals surface area (Å²) in [5.74, 6) is 1.85. The van der Waals surface area contributed by atoms with Crippen molar-refractivity contribution in [3.8, 4) is 0 Å². The Kier molecular flexibility index (Phi) is 2.22. The van der Waals surface area contributed by atoms with Crippen molar-refractivity contribution in [1.29, 1.82) is 0 Å². The molecule has 0 spiro atoms. The summed E-state index contributed by atoms with van der Waals surface area (Å²) in [5.41, 5.74) is 1.06. The topological polar surface area (TPSA) is 30.2 Å². The van der Waals surface area contributed by atoms with Gasteiger partial charge in [-0.25, -0.2) is 9.97 Å². The van der Waals surface area contributed by atoms with Gasteiger partial charge < -0.3 is 0 Å². The van der Waals surface area contributed by atoms with Gasteiger partial charge in [0.1, 0.15) is 5.03 Å². The SMILES string of the molecule is CCSc1c(C)nc2ncccn12. The summed E-state index contributed by atoms with van der Waals surface area (Å²) in [6.45, 7) is 4.16. The molecule has 0 aliphatic heterocycles. The maximum Gasteiger partial charge on any atom is 0.234 e. The van der Waals surface area contributed by atoms with Crippen molar-refractivity contribution in [3.63, 3.8) is 0 Å². The van der Waals surface area contributed by atoms with Crippen molar-refractivity contribution >= 4 is 17.5 Å². The predicted molar refractivity (Wildman–Crippen MR) is 54.1 cm³/mol. The molecule has 68 valence electrons. The van der Waals surface area contributed by atoms with E-state index in [1.54, 1.807) is 18.0 Å². The van der Waals surface area contributed by atoms with E-state index < -0.39 is 0 Å². The fourth-order valence-electron chi connectivity index (χ4n) is 1.29. The van der Waals surface area contributed by atoms with Crippen molar-refractivity contribution in [2.24, 2.45) is 0 Å². The van der Waals surface area contributed by atoms with E-state index in [0.717, 1.165) is 17.2 Å². The number of aryl methyl sites for hydroxylation is 1.